The van der Waals surface area contributed by atoms with E-state index < -0.39 is 0 Å². The molecule has 3 saturated carbocycles. The SMILES string of the molecule is CO[C@H]1C[C@H]2[C@@H]3CCC4=CC(=O)CC[C@]4(C)[C@H]3CC[C@]2(C)[C@H]1O. The van der Waals surface area contributed by atoms with Crippen molar-refractivity contribution in [1.29, 1.82) is 0 Å². The van der Waals surface area contributed by atoms with Gasteiger partial charge in [-0.2, -0.15) is 0 Å². The third-order valence-electron chi connectivity index (χ3n) is 8.22. The highest BCUT2D eigenvalue weighted by atomic mass is 16.5. The standard InChI is InChI=1S/C20H30O3/c1-19-8-6-13(21)10-12(19)4-5-14-15(19)7-9-20(2)16(14)11-17(23-3)18(20)22/h10,14-18,22H,4-9,11H2,1-3H3/t14-,15+,16+,17+,18+,19+,20+/m1/s1. The van der Waals surface area contributed by atoms with Gasteiger partial charge in [0.2, 0.25) is 0 Å². The summed E-state index contributed by atoms with van der Waals surface area (Å²) >= 11 is 0. The Morgan fingerprint density at radius 2 is 1.96 bits per heavy atom. The van der Waals surface area contributed by atoms with Gasteiger partial charge >= 0.3 is 0 Å². The predicted molar refractivity (Wildman–Crippen MR) is 88.9 cm³/mol. The fourth-order valence-corrected chi connectivity index (χ4v) is 6.75. The number of aliphatic hydroxyl groups is 1. The zero-order valence-electron chi connectivity index (χ0n) is 14.7. The molecule has 0 amide bonds. The molecule has 0 bridgehead atoms. The Kier molecular flexibility index (Phi) is 3.55. The molecule has 7 atom stereocenters. The normalized spacial score (nSPS) is 52.4. The summed E-state index contributed by atoms with van der Waals surface area (Å²) in [7, 11) is 1.74. The number of hydrogen-bond acceptors (Lipinski definition) is 3. The Morgan fingerprint density at radius 1 is 1.17 bits per heavy atom. The molecule has 0 heterocycles. The Balaban J connectivity index is 1.67. The molecular weight excluding hydrogens is 288 g/mol. The number of methoxy groups -OCH3 is 1. The van der Waals surface area contributed by atoms with E-state index in [1.165, 1.54) is 18.4 Å². The smallest absolute Gasteiger partial charge is 0.155 e. The summed E-state index contributed by atoms with van der Waals surface area (Å²) in [6.45, 7) is 4.69. The summed E-state index contributed by atoms with van der Waals surface area (Å²) < 4.78 is 5.60. The number of fused-ring (bicyclic) bond motifs is 5. The zero-order chi connectivity index (χ0) is 16.4. The highest BCUT2D eigenvalue weighted by Crippen LogP contribution is 2.65. The Labute approximate surface area is 139 Å². The molecule has 128 valence electrons. The predicted octanol–water partition coefficient (Wildman–Crippen LogP) is 3.50. The maximum atomic E-state index is 11.9. The van der Waals surface area contributed by atoms with Crippen LogP contribution in [0.2, 0.25) is 0 Å². The van der Waals surface area contributed by atoms with E-state index in [-0.39, 0.29) is 23.0 Å². The second-order valence-corrected chi connectivity index (χ2v) is 8.97. The van der Waals surface area contributed by atoms with Crippen molar-refractivity contribution in [1.82, 2.24) is 0 Å². The molecule has 1 N–H and O–H groups in total. The average molecular weight is 318 g/mol. The van der Waals surface area contributed by atoms with Crippen LogP contribution in [0.5, 0.6) is 0 Å². The number of ether oxygens (including phenoxy) is 1. The molecule has 4 rings (SSSR count). The average Bonchev–Trinajstić information content (AvgIpc) is 2.79. The molecule has 0 aliphatic heterocycles. The molecule has 3 nitrogen and oxygen atoms in total. The molecule has 3 fully saturated rings. The van der Waals surface area contributed by atoms with Crippen molar-refractivity contribution < 1.29 is 14.6 Å². The number of rotatable bonds is 1. The Bertz CT molecular complexity index is 553. The molecule has 0 aromatic rings. The van der Waals surface area contributed by atoms with E-state index in [1.807, 2.05) is 6.08 Å². The number of aliphatic hydroxyl groups excluding tert-OH is 1. The molecule has 0 aromatic heterocycles. The second-order valence-electron chi connectivity index (χ2n) is 8.97. The van der Waals surface area contributed by atoms with Gasteiger partial charge in [0.25, 0.3) is 0 Å². The van der Waals surface area contributed by atoms with Crippen molar-refractivity contribution in [2.24, 2.45) is 28.6 Å². The van der Waals surface area contributed by atoms with Crippen LogP contribution in [0.4, 0.5) is 0 Å². The summed E-state index contributed by atoms with van der Waals surface area (Å²) in [6.07, 6.45) is 8.93. The third-order valence-corrected chi connectivity index (χ3v) is 8.22. The van der Waals surface area contributed by atoms with Crippen molar-refractivity contribution in [2.45, 2.75) is 71.0 Å². The summed E-state index contributed by atoms with van der Waals surface area (Å²) in [5, 5.41) is 10.8. The van der Waals surface area contributed by atoms with Crippen LogP contribution in [0.3, 0.4) is 0 Å². The van der Waals surface area contributed by atoms with Gasteiger partial charge in [0.05, 0.1) is 12.2 Å². The minimum absolute atomic E-state index is 0.00132. The van der Waals surface area contributed by atoms with Gasteiger partial charge in [-0.25, -0.2) is 0 Å². The molecule has 4 aliphatic carbocycles. The minimum atomic E-state index is -0.323. The van der Waals surface area contributed by atoms with Crippen molar-refractivity contribution in [2.75, 3.05) is 7.11 Å². The zero-order valence-corrected chi connectivity index (χ0v) is 14.7. The molecule has 0 spiro atoms. The quantitative estimate of drug-likeness (QED) is 0.805. The van der Waals surface area contributed by atoms with E-state index in [9.17, 15) is 9.90 Å². The van der Waals surface area contributed by atoms with Crippen LogP contribution in [-0.2, 0) is 9.53 Å². The lowest BCUT2D eigenvalue weighted by molar-refractivity contribution is -0.118. The van der Waals surface area contributed by atoms with Gasteiger partial charge in [0.1, 0.15) is 0 Å². The maximum Gasteiger partial charge on any atom is 0.155 e. The summed E-state index contributed by atoms with van der Waals surface area (Å²) in [6, 6.07) is 0. The number of carbonyl (C=O) groups is 1. The van der Waals surface area contributed by atoms with Gasteiger partial charge in [-0.05, 0) is 73.2 Å². The van der Waals surface area contributed by atoms with Crippen LogP contribution >= 0.6 is 0 Å². The minimum Gasteiger partial charge on any atom is -0.390 e. The molecule has 0 radical (unpaired) electrons. The van der Waals surface area contributed by atoms with E-state index >= 15 is 0 Å². The Morgan fingerprint density at radius 3 is 2.70 bits per heavy atom. The first-order valence-corrected chi connectivity index (χ1v) is 9.35. The molecule has 23 heavy (non-hydrogen) atoms. The molecule has 0 aromatic carbocycles. The molecule has 0 saturated heterocycles. The first-order chi connectivity index (χ1) is 10.9. The molecule has 4 aliphatic rings. The van der Waals surface area contributed by atoms with Gasteiger partial charge in [-0.3, -0.25) is 4.79 Å². The van der Waals surface area contributed by atoms with Crippen molar-refractivity contribution in [3.05, 3.63) is 11.6 Å². The van der Waals surface area contributed by atoms with E-state index in [1.54, 1.807) is 7.11 Å². The van der Waals surface area contributed by atoms with Crippen molar-refractivity contribution >= 4 is 5.78 Å². The third kappa shape index (κ3) is 2.05. The maximum absolute atomic E-state index is 11.9. The largest absolute Gasteiger partial charge is 0.390 e. The molecule has 3 heteroatoms. The van der Waals surface area contributed by atoms with Crippen LogP contribution in [0, 0.1) is 28.6 Å². The second kappa shape index (κ2) is 5.16. The van der Waals surface area contributed by atoms with E-state index in [0.717, 1.165) is 25.7 Å². The van der Waals surface area contributed by atoms with Gasteiger partial charge < -0.3 is 9.84 Å². The van der Waals surface area contributed by atoms with E-state index in [4.69, 9.17) is 4.74 Å². The summed E-state index contributed by atoms with van der Waals surface area (Å²) in [4.78, 5) is 11.9. The lowest BCUT2D eigenvalue weighted by Crippen LogP contribution is -2.51. The molecular formula is C20H30O3. The number of carbonyl (C=O) groups excluding carboxylic acids is 1. The number of ketones is 1. The van der Waals surface area contributed by atoms with E-state index in [0.29, 0.717) is 30.0 Å². The highest BCUT2D eigenvalue weighted by Gasteiger charge is 2.61. The van der Waals surface area contributed by atoms with Gasteiger partial charge in [0, 0.05) is 13.5 Å². The van der Waals surface area contributed by atoms with Crippen LogP contribution in [0.15, 0.2) is 11.6 Å². The first kappa shape index (κ1) is 15.8. The van der Waals surface area contributed by atoms with Crippen LogP contribution in [-0.4, -0.2) is 30.2 Å². The molecule has 0 unspecified atom stereocenters. The van der Waals surface area contributed by atoms with Crippen LogP contribution in [0.25, 0.3) is 0 Å². The highest BCUT2D eigenvalue weighted by molar-refractivity contribution is 5.91. The van der Waals surface area contributed by atoms with Gasteiger partial charge in [-0.15, -0.1) is 0 Å². The van der Waals surface area contributed by atoms with Crippen LogP contribution in [0.1, 0.15) is 58.8 Å². The lowest BCUT2D eigenvalue weighted by Gasteiger charge is -2.57. The topological polar surface area (TPSA) is 46.5 Å². The van der Waals surface area contributed by atoms with E-state index in [2.05, 4.69) is 13.8 Å². The monoisotopic (exact) mass is 318 g/mol. The summed E-state index contributed by atoms with van der Waals surface area (Å²) in [5.41, 5.74) is 1.65. The fourth-order valence-electron chi connectivity index (χ4n) is 6.75. The van der Waals surface area contributed by atoms with Crippen LogP contribution < -0.4 is 0 Å². The first-order valence-electron chi connectivity index (χ1n) is 9.35. The van der Waals surface area contributed by atoms with Crippen molar-refractivity contribution in [3.63, 3.8) is 0 Å². The Hall–Kier alpha value is -0.670. The van der Waals surface area contributed by atoms with Gasteiger partial charge in [0.15, 0.2) is 5.78 Å². The van der Waals surface area contributed by atoms with Crippen molar-refractivity contribution in [3.8, 4) is 0 Å². The van der Waals surface area contributed by atoms with Gasteiger partial charge in [-0.1, -0.05) is 19.4 Å². The number of hydrogen-bond donors (Lipinski definition) is 1. The lowest BCUT2D eigenvalue weighted by atomic mass is 9.47. The summed E-state index contributed by atoms with van der Waals surface area (Å²) in [5.74, 6) is 2.25. The fraction of sp³-hybridized carbons (Fsp3) is 0.850. The number of allylic oxidation sites excluding steroid dienone is 1.